The SMILES string of the molecule is c1cc(C(=C2CC3CCC2C3)C2CC2)cs1. The number of allylic oxidation sites excluding steroid dienone is 2. The summed E-state index contributed by atoms with van der Waals surface area (Å²) in [7, 11) is 0. The first-order valence-corrected chi connectivity index (χ1v) is 7.61. The average Bonchev–Trinajstić information content (AvgIpc) is 2.75. The topological polar surface area (TPSA) is 0 Å². The lowest BCUT2D eigenvalue weighted by molar-refractivity contribution is 0.560. The molecule has 2 unspecified atom stereocenters. The van der Waals surface area contributed by atoms with Crippen molar-refractivity contribution in [2.24, 2.45) is 17.8 Å². The van der Waals surface area contributed by atoms with Crippen LogP contribution in [0.25, 0.3) is 5.57 Å². The zero-order chi connectivity index (χ0) is 10.5. The maximum Gasteiger partial charge on any atom is -0.00179 e. The first-order valence-electron chi connectivity index (χ1n) is 6.67. The van der Waals surface area contributed by atoms with Crippen LogP contribution in [-0.2, 0) is 0 Å². The molecule has 1 aromatic rings. The molecule has 0 aromatic carbocycles. The highest BCUT2D eigenvalue weighted by atomic mass is 32.1. The zero-order valence-corrected chi connectivity index (χ0v) is 10.4. The third-order valence-electron chi connectivity index (χ3n) is 4.71. The Kier molecular flexibility index (Phi) is 2.05. The molecular formula is C15H18S. The maximum atomic E-state index is 2.37. The summed E-state index contributed by atoms with van der Waals surface area (Å²) in [6, 6.07) is 2.34. The Morgan fingerprint density at radius 3 is 2.69 bits per heavy atom. The highest BCUT2D eigenvalue weighted by molar-refractivity contribution is 7.08. The number of rotatable bonds is 2. The summed E-state index contributed by atoms with van der Waals surface area (Å²) in [5.74, 6) is 2.96. The molecule has 0 spiro atoms. The van der Waals surface area contributed by atoms with Crippen LogP contribution in [0.15, 0.2) is 22.4 Å². The Morgan fingerprint density at radius 1 is 1.19 bits per heavy atom. The molecule has 3 aliphatic carbocycles. The van der Waals surface area contributed by atoms with Gasteiger partial charge in [-0.25, -0.2) is 0 Å². The molecule has 0 amide bonds. The van der Waals surface area contributed by atoms with E-state index in [9.17, 15) is 0 Å². The second kappa shape index (κ2) is 3.46. The van der Waals surface area contributed by atoms with Gasteiger partial charge in [-0.15, -0.1) is 0 Å². The lowest BCUT2D eigenvalue weighted by Gasteiger charge is -2.19. The molecule has 2 bridgehead atoms. The van der Waals surface area contributed by atoms with Gasteiger partial charge in [0.15, 0.2) is 0 Å². The second-order valence-electron chi connectivity index (χ2n) is 5.81. The molecule has 3 aliphatic rings. The normalized spacial score (nSPS) is 35.8. The van der Waals surface area contributed by atoms with E-state index in [-0.39, 0.29) is 0 Å². The zero-order valence-electron chi connectivity index (χ0n) is 9.61. The molecule has 0 saturated heterocycles. The number of hydrogen-bond acceptors (Lipinski definition) is 1. The monoisotopic (exact) mass is 230 g/mol. The molecule has 1 aromatic heterocycles. The first kappa shape index (κ1) is 9.47. The Bertz CT molecular complexity index is 422. The van der Waals surface area contributed by atoms with Crippen molar-refractivity contribution in [2.75, 3.05) is 0 Å². The largest absolute Gasteiger partial charge is 0.152 e. The van der Waals surface area contributed by atoms with Gasteiger partial charge in [0.25, 0.3) is 0 Å². The Labute approximate surface area is 101 Å². The van der Waals surface area contributed by atoms with Crippen LogP contribution in [0, 0.1) is 17.8 Å². The quantitative estimate of drug-likeness (QED) is 0.689. The molecule has 0 N–H and O–H groups in total. The van der Waals surface area contributed by atoms with Gasteiger partial charge in [-0.2, -0.15) is 11.3 Å². The average molecular weight is 230 g/mol. The summed E-state index contributed by atoms with van der Waals surface area (Å²) in [6.07, 6.45) is 8.84. The smallest absolute Gasteiger partial charge is 0.00179 e. The van der Waals surface area contributed by atoms with E-state index < -0.39 is 0 Å². The van der Waals surface area contributed by atoms with Crippen LogP contribution >= 0.6 is 11.3 Å². The van der Waals surface area contributed by atoms with Gasteiger partial charge in [-0.05, 0) is 84.2 Å². The minimum Gasteiger partial charge on any atom is -0.152 e. The third kappa shape index (κ3) is 1.41. The standard InChI is InChI=1S/C15H18S/c1-2-12-7-10(1)8-14(12)15(11-3-4-11)13-5-6-16-9-13/h5-6,9-12H,1-4,7-8H2. The van der Waals surface area contributed by atoms with Gasteiger partial charge in [0.1, 0.15) is 0 Å². The fourth-order valence-electron chi connectivity index (χ4n) is 3.86. The van der Waals surface area contributed by atoms with Crippen LogP contribution in [0.4, 0.5) is 0 Å². The summed E-state index contributed by atoms with van der Waals surface area (Å²) in [4.78, 5) is 0. The van der Waals surface area contributed by atoms with E-state index in [0.717, 1.165) is 17.8 Å². The van der Waals surface area contributed by atoms with Gasteiger partial charge in [0.05, 0.1) is 0 Å². The van der Waals surface area contributed by atoms with Crippen LogP contribution in [0.3, 0.4) is 0 Å². The molecule has 3 fully saturated rings. The predicted octanol–water partition coefficient (Wildman–Crippen LogP) is 4.73. The highest BCUT2D eigenvalue weighted by Crippen LogP contribution is 2.55. The van der Waals surface area contributed by atoms with Crippen molar-refractivity contribution >= 4 is 16.9 Å². The van der Waals surface area contributed by atoms with E-state index in [1.54, 1.807) is 11.1 Å². The van der Waals surface area contributed by atoms with Crippen LogP contribution in [0.1, 0.15) is 44.1 Å². The highest BCUT2D eigenvalue weighted by Gasteiger charge is 2.40. The van der Waals surface area contributed by atoms with Crippen molar-refractivity contribution in [3.05, 3.63) is 28.0 Å². The predicted molar refractivity (Wildman–Crippen MR) is 69.4 cm³/mol. The molecular weight excluding hydrogens is 212 g/mol. The van der Waals surface area contributed by atoms with Gasteiger partial charge < -0.3 is 0 Å². The summed E-state index contributed by atoms with van der Waals surface area (Å²) >= 11 is 1.86. The van der Waals surface area contributed by atoms with E-state index in [4.69, 9.17) is 0 Å². The molecule has 2 atom stereocenters. The summed E-state index contributed by atoms with van der Waals surface area (Å²) in [5.41, 5.74) is 5.22. The van der Waals surface area contributed by atoms with E-state index in [1.807, 2.05) is 16.9 Å². The molecule has 1 heterocycles. The first-order chi connectivity index (χ1) is 7.92. The summed E-state index contributed by atoms with van der Waals surface area (Å²) in [6.45, 7) is 0. The minimum atomic E-state index is 0.934. The van der Waals surface area contributed by atoms with Gasteiger partial charge in [-0.1, -0.05) is 5.57 Å². The molecule has 0 radical (unpaired) electrons. The Morgan fingerprint density at radius 2 is 2.12 bits per heavy atom. The van der Waals surface area contributed by atoms with Crippen LogP contribution < -0.4 is 0 Å². The summed E-state index contributed by atoms with van der Waals surface area (Å²) in [5, 5.41) is 4.61. The van der Waals surface area contributed by atoms with Crippen molar-refractivity contribution in [1.29, 1.82) is 0 Å². The minimum absolute atomic E-state index is 0.934. The van der Waals surface area contributed by atoms with Gasteiger partial charge in [0, 0.05) is 0 Å². The lowest BCUT2D eigenvalue weighted by atomic mass is 9.86. The van der Waals surface area contributed by atoms with Gasteiger partial charge in [0.2, 0.25) is 0 Å². The number of thiophene rings is 1. The van der Waals surface area contributed by atoms with E-state index in [2.05, 4.69) is 16.8 Å². The van der Waals surface area contributed by atoms with Gasteiger partial charge >= 0.3 is 0 Å². The van der Waals surface area contributed by atoms with E-state index >= 15 is 0 Å². The van der Waals surface area contributed by atoms with Crippen LogP contribution in [0.2, 0.25) is 0 Å². The van der Waals surface area contributed by atoms with E-state index in [1.165, 1.54) is 38.5 Å². The lowest BCUT2D eigenvalue weighted by Crippen LogP contribution is -2.03. The van der Waals surface area contributed by atoms with Crippen molar-refractivity contribution in [3.63, 3.8) is 0 Å². The van der Waals surface area contributed by atoms with Crippen LogP contribution in [-0.4, -0.2) is 0 Å². The fourth-order valence-corrected chi connectivity index (χ4v) is 4.51. The van der Waals surface area contributed by atoms with Crippen molar-refractivity contribution in [1.82, 2.24) is 0 Å². The Balaban J connectivity index is 1.79. The van der Waals surface area contributed by atoms with Crippen molar-refractivity contribution in [3.8, 4) is 0 Å². The van der Waals surface area contributed by atoms with Crippen molar-refractivity contribution in [2.45, 2.75) is 38.5 Å². The molecule has 4 rings (SSSR count). The maximum absolute atomic E-state index is 2.37. The van der Waals surface area contributed by atoms with Crippen molar-refractivity contribution < 1.29 is 0 Å². The van der Waals surface area contributed by atoms with Crippen LogP contribution in [0.5, 0.6) is 0 Å². The fraction of sp³-hybridized carbons (Fsp3) is 0.600. The molecule has 16 heavy (non-hydrogen) atoms. The molecule has 1 heteroatoms. The number of hydrogen-bond donors (Lipinski definition) is 0. The molecule has 3 saturated carbocycles. The van der Waals surface area contributed by atoms with Gasteiger partial charge in [-0.3, -0.25) is 0 Å². The Hall–Kier alpha value is -0.560. The summed E-state index contributed by atoms with van der Waals surface area (Å²) < 4.78 is 0. The second-order valence-corrected chi connectivity index (χ2v) is 6.59. The third-order valence-corrected chi connectivity index (χ3v) is 5.39. The number of fused-ring (bicyclic) bond motifs is 2. The molecule has 0 aliphatic heterocycles. The van der Waals surface area contributed by atoms with E-state index in [0.29, 0.717) is 0 Å². The molecule has 0 nitrogen and oxygen atoms in total. The molecule has 84 valence electrons.